The highest BCUT2D eigenvalue weighted by atomic mass is 35.5. The Morgan fingerprint density at radius 3 is 2.69 bits per heavy atom. The second-order valence-electron chi connectivity index (χ2n) is 6.71. The average molecular weight is 375 g/mol. The van der Waals surface area contributed by atoms with Gasteiger partial charge in [0.2, 0.25) is 12.7 Å². The largest absolute Gasteiger partial charge is 0.454 e. The van der Waals surface area contributed by atoms with Gasteiger partial charge < -0.3 is 14.8 Å². The predicted molar refractivity (Wildman–Crippen MR) is 103 cm³/mol. The van der Waals surface area contributed by atoms with Crippen LogP contribution in [-0.4, -0.2) is 30.7 Å². The fraction of sp³-hybridized carbons (Fsp3) is 0.350. The quantitative estimate of drug-likeness (QED) is 0.854. The van der Waals surface area contributed by atoms with Gasteiger partial charge in [-0.2, -0.15) is 0 Å². The summed E-state index contributed by atoms with van der Waals surface area (Å²) in [5.74, 6) is 1.41. The second-order valence-corrected chi connectivity index (χ2v) is 7.11. The number of hydrogen-bond donors (Lipinski definition) is 1. The third kappa shape index (κ3) is 3.94. The maximum absolute atomic E-state index is 12.7. The summed E-state index contributed by atoms with van der Waals surface area (Å²) in [5, 5.41) is 3.51. The summed E-state index contributed by atoms with van der Waals surface area (Å²) in [6, 6.07) is 9.36. The summed E-state index contributed by atoms with van der Waals surface area (Å²) in [7, 11) is 1.92. The van der Waals surface area contributed by atoms with Crippen LogP contribution >= 0.6 is 11.6 Å². The van der Waals surface area contributed by atoms with Crippen LogP contribution in [0.15, 0.2) is 30.3 Å². The minimum Gasteiger partial charge on any atom is -0.454 e. The van der Waals surface area contributed by atoms with Gasteiger partial charge in [-0.25, -0.2) is 0 Å². The summed E-state index contributed by atoms with van der Waals surface area (Å²) >= 11 is 6.29. The smallest absolute Gasteiger partial charge is 0.241 e. The van der Waals surface area contributed by atoms with Gasteiger partial charge in [-0.3, -0.25) is 9.69 Å². The van der Waals surface area contributed by atoms with Gasteiger partial charge in [0, 0.05) is 6.54 Å². The molecular weight excluding hydrogens is 352 g/mol. The molecule has 0 spiro atoms. The molecule has 1 aliphatic rings. The number of ether oxygens (including phenoxy) is 2. The molecule has 26 heavy (non-hydrogen) atoms. The van der Waals surface area contributed by atoms with E-state index in [0.29, 0.717) is 17.3 Å². The van der Waals surface area contributed by atoms with Gasteiger partial charge in [-0.05, 0) is 62.7 Å². The van der Waals surface area contributed by atoms with Crippen molar-refractivity contribution >= 4 is 23.2 Å². The van der Waals surface area contributed by atoms with E-state index in [1.165, 1.54) is 0 Å². The van der Waals surface area contributed by atoms with Crippen LogP contribution in [0.1, 0.15) is 23.6 Å². The van der Waals surface area contributed by atoms with E-state index in [9.17, 15) is 4.79 Å². The molecular formula is C20H23ClN2O3. The lowest BCUT2D eigenvalue weighted by atomic mass is 10.1. The molecule has 5 nitrogen and oxygen atoms in total. The van der Waals surface area contributed by atoms with Crippen molar-refractivity contribution in [2.24, 2.45) is 0 Å². The SMILES string of the molecule is Cc1cc(C)c(NC(=O)C(C)N(C)Cc2ccc3c(c2)OCO3)c(Cl)c1. The minimum atomic E-state index is -0.322. The minimum absolute atomic E-state index is 0.0953. The highest BCUT2D eigenvalue weighted by molar-refractivity contribution is 6.34. The molecule has 2 aromatic rings. The van der Waals surface area contributed by atoms with E-state index >= 15 is 0 Å². The molecule has 1 unspecified atom stereocenters. The number of amides is 1. The van der Waals surface area contributed by atoms with Gasteiger partial charge in [0.15, 0.2) is 11.5 Å². The Kier molecular flexibility index (Phi) is 5.39. The zero-order chi connectivity index (χ0) is 18.8. The third-order valence-electron chi connectivity index (χ3n) is 4.59. The van der Waals surface area contributed by atoms with Gasteiger partial charge >= 0.3 is 0 Å². The molecule has 1 heterocycles. The van der Waals surface area contributed by atoms with Crippen molar-refractivity contribution in [2.45, 2.75) is 33.4 Å². The number of carbonyl (C=O) groups is 1. The van der Waals surface area contributed by atoms with Crippen LogP contribution in [0, 0.1) is 13.8 Å². The van der Waals surface area contributed by atoms with Crippen LogP contribution in [0.25, 0.3) is 0 Å². The second kappa shape index (κ2) is 7.56. The molecule has 1 amide bonds. The first-order valence-corrected chi connectivity index (χ1v) is 8.89. The molecule has 0 bridgehead atoms. The third-order valence-corrected chi connectivity index (χ3v) is 4.89. The lowest BCUT2D eigenvalue weighted by Crippen LogP contribution is -2.39. The van der Waals surface area contributed by atoms with Gasteiger partial charge in [0.25, 0.3) is 0 Å². The Balaban J connectivity index is 1.66. The van der Waals surface area contributed by atoms with Gasteiger partial charge in [-0.15, -0.1) is 0 Å². The van der Waals surface area contributed by atoms with E-state index in [1.807, 2.05) is 63.1 Å². The fourth-order valence-corrected chi connectivity index (χ4v) is 3.33. The Bertz CT molecular complexity index is 815. The van der Waals surface area contributed by atoms with Crippen LogP contribution in [0.5, 0.6) is 11.5 Å². The summed E-state index contributed by atoms with van der Waals surface area (Å²) in [4.78, 5) is 14.6. The first kappa shape index (κ1) is 18.5. The van der Waals surface area contributed by atoms with E-state index < -0.39 is 0 Å². The average Bonchev–Trinajstić information content (AvgIpc) is 3.04. The van der Waals surface area contributed by atoms with Crippen LogP contribution in [0.3, 0.4) is 0 Å². The van der Waals surface area contributed by atoms with Crippen molar-refractivity contribution in [3.8, 4) is 11.5 Å². The Morgan fingerprint density at radius 2 is 1.96 bits per heavy atom. The first-order chi connectivity index (χ1) is 12.3. The molecule has 0 aromatic heterocycles. The summed E-state index contributed by atoms with van der Waals surface area (Å²) in [5.41, 5.74) is 3.75. The molecule has 2 aromatic carbocycles. The maximum Gasteiger partial charge on any atom is 0.241 e. The van der Waals surface area contributed by atoms with Crippen molar-refractivity contribution in [2.75, 3.05) is 19.2 Å². The molecule has 0 radical (unpaired) electrons. The number of rotatable bonds is 5. The maximum atomic E-state index is 12.7. The van der Waals surface area contributed by atoms with E-state index in [-0.39, 0.29) is 18.7 Å². The highest BCUT2D eigenvalue weighted by Crippen LogP contribution is 2.33. The van der Waals surface area contributed by atoms with Gasteiger partial charge in [0.05, 0.1) is 16.8 Å². The number of aryl methyl sites for hydroxylation is 2. The normalized spacial score (nSPS) is 13.8. The van der Waals surface area contributed by atoms with E-state index in [4.69, 9.17) is 21.1 Å². The monoisotopic (exact) mass is 374 g/mol. The highest BCUT2D eigenvalue weighted by Gasteiger charge is 2.21. The molecule has 1 N–H and O–H groups in total. The van der Waals surface area contributed by atoms with Crippen molar-refractivity contribution in [3.05, 3.63) is 52.0 Å². The Hall–Kier alpha value is -2.24. The van der Waals surface area contributed by atoms with Crippen molar-refractivity contribution < 1.29 is 14.3 Å². The van der Waals surface area contributed by atoms with Crippen LogP contribution in [-0.2, 0) is 11.3 Å². The van der Waals surface area contributed by atoms with Gasteiger partial charge in [0.1, 0.15) is 0 Å². The first-order valence-electron chi connectivity index (χ1n) is 8.51. The van der Waals surface area contributed by atoms with Crippen molar-refractivity contribution in [1.29, 1.82) is 0 Å². The van der Waals surface area contributed by atoms with E-state index in [0.717, 1.165) is 28.2 Å². The topological polar surface area (TPSA) is 50.8 Å². The Morgan fingerprint density at radius 1 is 1.23 bits per heavy atom. The fourth-order valence-electron chi connectivity index (χ4n) is 2.97. The lowest BCUT2D eigenvalue weighted by Gasteiger charge is -2.24. The van der Waals surface area contributed by atoms with Crippen molar-refractivity contribution in [1.82, 2.24) is 4.90 Å². The molecule has 6 heteroatoms. The van der Waals surface area contributed by atoms with Crippen molar-refractivity contribution in [3.63, 3.8) is 0 Å². The molecule has 0 saturated heterocycles. The van der Waals surface area contributed by atoms with Gasteiger partial charge in [-0.1, -0.05) is 23.7 Å². The van der Waals surface area contributed by atoms with E-state index in [2.05, 4.69) is 5.32 Å². The summed E-state index contributed by atoms with van der Waals surface area (Å²) in [6.45, 7) is 6.66. The number of likely N-dealkylation sites (N-methyl/N-ethyl adjacent to an activating group) is 1. The van der Waals surface area contributed by atoms with Crippen LogP contribution in [0.2, 0.25) is 5.02 Å². The zero-order valence-electron chi connectivity index (χ0n) is 15.4. The number of fused-ring (bicyclic) bond motifs is 1. The van der Waals surface area contributed by atoms with E-state index in [1.54, 1.807) is 0 Å². The number of nitrogens with zero attached hydrogens (tertiary/aromatic N) is 1. The zero-order valence-corrected chi connectivity index (χ0v) is 16.2. The predicted octanol–water partition coefficient (Wildman–Crippen LogP) is 4.14. The lowest BCUT2D eigenvalue weighted by molar-refractivity contribution is -0.120. The Labute approximate surface area is 158 Å². The van der Waals surface area contributed by atoms with Crippen LogP contribution < -0.4 is 14.8 Å². The molecule has 138 valence electrons. The summed E-state index contributed by atoms with van der Waals surface area (Å²) in [6.07, 6.45) is 0. The molecule has 3 rings (SSSR count). The molecule has 0 aliphatic carbocycles. The standard InChI is InChI=1S/C20H23ClN2O3/c1-12-7-13(2)19(16(21)8-12)22-20(24)14(3)23(4)10-15-5-6-17-18(9-15)26-11-25-17/h5-9,14H,10-11H2,1-4H3,(H,22,24). The molecule has 1 atom stereocenters. The summed E-state index contributed by atoms with van der Waals surface area (Å²) < 4.78 is 10.7. The number of benzene rings is 2. The van der Waals surface area contributed by atoms with Crippen LogP contribution in [0.4, 0.5) is 5.69 Å². The molecule has 0 saturated carbocycles. The molecule has 1 aliphatic heterocycles. The number of halogens is 1. The number of nitrogens with one attached hydrogen (secondary N) is 1. The number of anilines is 1. The molecule has 0 fully saturated rings. The number of carbonyl (C=O) groups excluding carboxylic acids is 1. The number of hydrogen-bond acceptors (Lipinski definition) is 4.